The number of aryl methyl sites for hydroxylation is 1. The number of aliphatic hydroxyl groups excluding tert-OH is 1. The number of sulfonamides is 1. The van der Waals surface area contributed by atoms with E-state index in [4.69, 9.17) is 5.11 Å². The number of aromatic nitrogens is 2. The topological polar surface area (TPSA) is 128 Å². The van der Waals surface area contributed by atoms with Crippen molar-refractivity contribution in [3.63, 3.8) is 0 Å². The second kappa shape index (κ2) is 11.0. The zero-order valence-electron chi connectivity index (χ0n) is 24.3. The van der Waals surface area contributed by atoms with E-state index in [-0.39, 0.29) is 38.4 Å². The van der Waals surface area contributed by atoms with Gasteiger partial charge in [-0.1, -0.05) is 12.2 Å². The Hall–Kier alpha value is -3.32. The first-order valence-corrected chi connectivity index (χ1v) is 16.4. The fourth-order valence-electron chi connectivity index (χ4n) is 6.10. The van der Waals surface area contributed by atoms with Crippen LogP contribution in [0, 0.1) is 12.3 Å². The van der Waals surface area contributed by atoms with Gasteiger partial charge in [-0.05, 0) is 69.1 Å². The number of carbonyl (C=O) groups is 1. The second-order valence-corrected chi connectivity index (χ2v) is 14.5. The molecule has 232 valence electrons. The van der Waals surface area contributed by atoms with E-state index in [9.17, 15) is 22.0 Å². The van der Waals surface area contributed by atoms with Crippen LogP contribution in [0.2, 0.25) is 0 Å². The molecule has 1 aromatic carbocycles. The Balaban J connectivity index is 1.25. The predicted molar refractivity (Wildman–Crippen MR) is 161 cm³/mol. The third-order valence-electron chi connectivity index (χ3n) is 9.28. The molecular formula is C30H38F2N6O4S. The van der Waals surface area contributed by atoms with Crippen LogP contribution in [0.15, 0.2) is 36.4 Å². The number of alkyl halides is 2. The molecule has 4 aliphatic rings. The number of aliphatic hydroxyl groups is 1. The quantitative estimate of drug-likeness (QED) is 0.352. The van der Waals surface area contributed by atoms with Crippen molar-refractivity contribution in [2.75, 3.05) is 52.6 Å². The summed E-state index contributed by atoms with van der Waals surface area (Å²) < 4.78 is 55.6. The van der Waals surface area contributed by atoms with Crippen LogP contribution < -0.4 is 19.8 Å². The average molecular weight is 617 g/mol. The zero-order chi connectivity index (χ0) is 30.5. The summed E-state index contributed by atoms with van der Waals surface area (Å²) in [7, 11) is -3.77. The maximum absolute atomic E-state index is 13.7. The monoisotopic (exact) mass is 616 g/mol. The lowest BCUT2D eigenvalue weighted by Crippen LogP contribution is -2.40. The van der Waals surface area contributed by atoms with E-state index in [1.165, 1.54) is 18.9 Å². The molecule has 6 rings (SSSR count). The summed E-state index contributed by atoms with van der Waals surface area (Å²) in [6.07, 6.45) is 7.87. The van der Waals surface area contributed by atoms with Crippen LogP contribution in [-0.2, 0) is 10.0 Å². The van der Waals surface area contributed by atoms with Gasteiger partial charge in [0.25, 0.3) is 11.8 Å². The highest BCUT2D eigenvalue weighted by molar-refractivity contribution is 7.94. The van der Waals surface area contributed by atoms with E-state index in [2.05, 4.69) is 24.9 Å². The predicted octanol–water partition coefficient (Wildman–Crippen LogP) is 4.48. The molecule has 0 bridgehead atoms. The second-order valence-electron chi connectivity index (χ2n) is 12.5. The van der Waals surface area contributed by atoms with Crippen molar-refractivity contribution in [3.8, 4) is 0 Å². The Morgan fingerprint density at radius 2 is 1.65 bits per heavy atom. The normalized spacial score (nSPS) is 22.0. The minimum atomic E-state index is -3.77. The number of carbonyl (C=O) groups excluding carboxylic acids is 1. The Labute approximate surface area is 250 Å². The third kappa shape index (κ3) is 6.33. The molecule has 13 heteroatoms. The lowest BCUT2D eigenvalue weighted by atomic mass is 9.93. The maximum Gasteiger partial charge on any atom is 0.258 e. The number of anilines is 4. The molecule has 0 radical (unpaired) electrons. The number of benzene rings is 1. The van der Waals surface area contributed by atoms with Gasteiger partial charge in [-0.25, -0.2) is 22.2 Å². The number of rotatable bonds is 9. The van der Waals surface area contributed by atoms with E-state index >= 15 is 0 Å². The average Bonchev–Trinajstić information content (AvgIpc) is 3.89. The van der Waals surface area contributed by atoms with Crippen LogP contribution in [0.5, 0.6) is 0 Å². The number of halogens is 2. The van der Waals surface area contributed by atoms with Gasteiger partial charge >= 0.3 is 0 Å². The Kier molecular flexibility index (Phi) is 7.60. The largest absolute Gasteiger partial charge is 0.392 e. The number of hydrogen-bond acceptors (Lipinski definition) is 8. The van der Waals surface area contributed by atoms with Crippen molar-refractivity contribution in [2.45, 2.75) is 69.0 Å². The first-order chi connectivity index (χ1) is 20.4. The van der Waals surface area contributed by atoms with Gasteiger partial charge < -0.3 is 20.2 Å². The highest BCUT2D eigenvalue weighted by Gasteiger charge is 2.52. The summed E-state index contributed by atoms with van der Waals surface area (Å²) in [6.45, 7) is 3.29. The van der Waals surface area contributed by atoms with Crippen LogP contribution in [0.4, 0.5) is 31.9 Å². The fourth-order valence-corrected chi connectivity index (χ4v) is 7.65. The van der Waals surface area contributed by atoms with E-state index in [0.717, 1.165) is 25.9 Å². The van der Waals surface area contributed by atoms with Crippen molar-refractivity contribution < 1.29 is 27.1 Å². The van der Waals surface area contributed by atoms with Gasteiger partial charge in [-0.3, -0.25) is 9.52 Å². The van der Waals surface area contributed by atoms with Crippen molar-refractivity contribution >= 4 is 39.1 Å². The summed E-state index contributed by atoms with van der Waals surface area (Å²) in [6, 6.07) is 6.55. The number of piperidine rings is 2. The summed E-state index contributed by atoms with van der Waals surface area (Å²) in [5.74, 6) is -2.54. The molecule has 2 saturated carbocycles. The molecule has 1 amide bonds. The third-order valence-corrected chi connectivity index (χ3v) is 11.4. The number of hydrogen-bond donors (Lipinski definition) is 3. The molecule has 3 heterocycles. The van der Waals surface area contributed by atoms with Crippen molar-refractivity contribution in [2.24, 2.45) is 5.41 Å². The SMILES string of the molecule is Cc1cc(NC(=O)c2ccc(NS(=O)(=O)C3(/C=C/CO)CC3)cc2N2CCC3(CC2)CC3)nc(N2CCC(F)(F)CC2)n1. The number of amides is 1. The van der Waals surface area contributed by atoms with Crippen LogP contribution in [0.3, 0.4) is 0 Å². The van der Waals surface area contributed by atoms with Crippen molar-refractivity contribution in [1.29, 1.82) is 0 Å². The van der Waals surface area contributed by atoms with Crippen LogP contribution in [0.1, 0.15) is 67.4 Å². The van der Waals surface area contributed by atoms with Crippen molar-refractivity contribution in [3.05, 3.63) is 47.7 Å². The van der Waals surface area contributed by atoms with Gasteiger partial charge in [-0.15, -0.1) is 0 Å². The Morgan fingerprint density at radius 3 is 2.28 bits per heavy atom. The number of nitrogens with zero attached hydrogens (tertiary/aromatic N) is 4. The van der Waals surface area contributed by atoms with Gasteiger partial charge in [0.05, 0.1) is 23.5 Å². The molecular weight excluding hydrogens is 578 g/mol. The molecule has 2 aliphatic carbocycles. The minimum Gasteiger partial charge on any atom is -0.392 e. The van der Waals surface area contributed by atoms with E-state index < -0.39 is 26.6 Å². The molecule has 0 atom stereocenters. The van der Waals surface area contributed by atoms with E-state index in [0.29, 0.717) is 46.8 Å². The molecule has 2 aliphatic heterocycles. The summed E-state index contributed by atoms with van der Waals surface area (Å²) >= 11 is 0. The molecule has 1 aromatic heterocycles. The molecule has 10 nitrogen and oxygen atoms in total. The van der Waals surface area contributed by atoms with Gasteiger partial charge in [-0.2, -0.15) is 4.98 Å². The minimum absolute atomic E-state index is 0.124. The Bertz CT molecular complexity index is 1520. The lowest BCUT2D eigenvalue weighted by molar-refractivity contribution is -0.0222. The number of nitrogens with one attached hydrogen (secondary N) is 2. The first-order valence-electron chi connectivity index (χ1n) is 14.9. The zero-order valence-corrected chi connectivity index (χ0v) is 25.1. The van der Waals surface area contributed by atoms with Gasteiger partial charge in [0.1, 0.15) is 10.6 Å². The maximum atomic E-state index is 13.7. The van der Waals surface area contributed by atoms with Crippen LogP contribution in [-0.4, -0.2) is 72.9 Å². The summed E-state index contributed by atoms with van der Waals surface area (Å²) in [5, 5.41) is 12.0. The molecule has 3 N–H and O–H groups in total. The van der Waals surface area contributed by atoms with E-state index in [1.54, 1.807) is 42.2 Å². The highest BCUT2D eigenvalue weighted by atomic mass is 32.2. The van der Waals surface area contributed by atoms with Gasteiger partial charge in [0, 0.05) is 50.8 Å². The molecule has 1 spiro atoms. The first kappa shape index (κ1) is 29.7. The molecule has 4 fully saturated rings. The van der Waals surface area contributed by atoms with Gasteiger partial charge in [0.2, 0.25) is 16.0 Å². The fraction of sp³-hybridized carbons (Fsp3) is 0.567. The van der Waals surface area contributed by atoms with E-state index in [1.807, 2.05) is 0 Å². The van der Waals surface area contributed by atoms with Gasteiger partial charge in [0.15, 0.2) is 0 Å². The lowest BCUT2D eigenvalue weighted by Gasteiger charge is -2.35. The van der Waals surface area contributed by atoms with Crippen molar-refractivity contribution in [1.82, 2.24) is 9.97 Å². The van der Waals surface area contributed by atoms with Crippen LogP contribution in [0.25, 0.3) is 0 Å². The molecule has 2 saturated heterocycles. The summed E-state index contributed by atoms with van der Waals surface area (Å²) in [5.41, 5.74) is 2.38. The Morgan fingerprint density at radius 1 is 0.977 bits per heavy atom. The standard InChI is InChI=1S/C30H38F2N6O4S/c1-21-19-25(35-27(33-21)38-16-12-30(31,32)13-17-38)34-26(40)23-4-3-22(36-43(41,42)29(8-9-29)5-2-18-39)20-24(23)37-14-10-28(6-7-28)11-15-37/h2-5,19-20,36,39H,6-18H2,1H3,(H,33,34,35,40)/b5-2+. The molecule has 2 aromatic rings. The highest BCUT2D eigenvalue weighted by Crippen LogP contribution is 2.54. The smallest absolute Gasteiger partial charge is 0.258 e. The van der Waals surface area contributed by atoms with Crippen LogP contribution >= 0.6 is 0 Å². The summed E-state index contributed by atoms with van der Waals surface area (Å²) in [4.78, 5) is 26.4. The molecule has 0 unspecified atom stereocenters. The molecule has 43 heavy (non-hydrogen) atoms.